The lowest BCUT2D eigenvalue weighted by Gasteiger charge is -2.26. The van der Waals surface area contributed by atoms with Crippen LogP contribution in [0.4, 0.5) is 0 Å². The van der Waals surface area contributed by atoms with Gasteiger partial charge in [-0.25, -0.2) is 13.1 Å². The highest BCUT2D eigenvalue weighted by atomic mass is 32.2. The maximum absolute atomic E-state index is 12.1. The van der Waals surface area contributed by atoms with Crippen LogP contribution in [-0.4, -0.2) is 83.3 Å². The van der Waals surface area contributed by atoms with Crippen LogP contribution in [-0.2, 0) is 14.8 Å². The van der Waals surface area contributed by atoms with E-state index in [1.165, 1.54) is 12.3 Å². The molecule has 2 heterocycles. The zero-order chi connectivity index (χ0) is 19.4. The number of ether oxygens (including phenoxy) is 1. The highest BCUT2D eigenvalue weighted by molar-refractivity contribution is 7.89. The first-order valence-electron chi connectivity index (χ1n) is 9.34. The van der Waals surface area contributed by atoms with Crippen LogP contribution in [0, 0.1) is 0 Å². The molecule has 0 radical (unpaired) electrons. The summed E-state index contributed by atoms with van der Waals surface area (Å²) in [6.07, 6.45) is 3.85. The van der Waals surface area contributed by atoms with Gasteiger partial charge in [-0.1, -0.05) is 0 Å². The van der Waals surface area contributed by atoms with Gasteiger partial charge in [0.25, 0.3) is 0 Å². The van der Waals surface area contributed by atoms with E-state index in [1.807, 2.05) is 6.92 Å². The first-order valence-corrected chi connectivity index (χ1v) is 10.8. The van der Waals surface area contributed by atoms with Crippen molar-refractivity contribution >= 4 is 16.0 Å². The largest absolute Gasteiger partial charge is 0.379 e. The number of pyridine rings is 1. The minimum absolute atomic E-state index is 0.161. The van der Waals surface area contributed by atoms with Crippen molar-refractivity contribution in [2.75, 3.05) is 59.0 Å². The van der Waals surface area contributed by atoms with Gasteiger partial charge in [0.05, 0.1) is 13.2 Å². The molecule has 1 aromatic heterocycles. The van der Waals surface area contributed by atoms with Crippen LogP contribution in [0.2, 0.25) is 0 Å². The average Bonchev–Trinajstić information content (AvgIpc) is 2.70. The summed E-state index contributed by atoms with van der Waals surface area (Å²) in [6.45, 7) is 8.76. The molecule has 0 saturated carbocycles. The fraction of sp³-hybridized carbons (Fsp3) is 0.647. The van der Waals surface area contributed by atoms with Gasteiger partial charge in [-0.2, -0.15) is 0 Å². The molecule has 1 aliphatic rings. The van der Waals surface area contributed by atoms with Gasteiger partial charge in [-0.05, 0) is 25.5 Å². The second-order valence-corrected chi connectivity index (χ2v) is 7.85. The lowest BCUT2D eigenvalue weighted by atomic mass is 10.3. The van der Waals surface area contributed by atoms with Crippen molar-refractivity contribution in [2.45, 2.75) is 18.2 Å². The van der Waals surface area contributed by atoms with Gasteiger partial charge in [-0.3, -0.25) is 14.9 Å². The van der Waals surface area contributed by atoms with E-state index in [1.54, 1.807) is 12.3 Å². The zero-order valence-electron chi connectivity index (χ0n) is 15.9. The Hall–Kier alpha value is -1.75. The van der Waals surface area contributed by atoms with Crippen molar-refractivity contribution in [2.24, 2.45) is 4.99 Å². The van der Waals surface area contributed by atoms with Crippen LogP contribution in [0.5, 0.6) is 0 Å². The number of nitrogens with zero attached hydrogens (tertiary/aromatic N) is 3. The second kappa shape index (κ2) is 11.9. The summed E-state index contributed by atoms with van der Waals surface area (Å²) in [5.41, 5.74) is 0. The predicted molar refractivity (Wildman–Crippen MR) is 105 cm³/mol. The molecule has 10 heteroatoms. The molecule has 0 aromatic carbocycles. The second-order valence-electron chi connectivity index (χ2n) is 6.08. The molecule has 152 valence electrons. The summed E-state index contributed by atoms with van der Waals surface area (Å²) < 4.78 is 32.1. The Bertz CT molecular complexity index is 663. The van der Waals surface area contributed by atoms with Gasteiger partial charge < -0.3 is 15.4 Å². The number of sulfonamides is 1. The number of hydrogen-bond donors (Lipinski definition) is 3. The maximum atomic E-state index is 12.1. The summed E-state index contributed by atoms with van der Waals surface area (Å²) in [4.78, 5) is 10.9. The number of nitrogens with one attached hydrogen (secondary N) is 3. The third kappa shape index (κ3) is 8.21. The monoisotopic (exact) mass is 398 g/mol. The molecule has 9 nitrogen and oxygen atoms in total. The van der Waals surface area contributed by atoms with Crippen molar-refractivity contribution in [3.8, 4) is 0 Å². The van der Waals surface area contributed by atoms with Crippen molar-refractivity contribution in [1.82, 2.24) is 25.2 Å². The molecular formula is C17H30N6O3S. The molecule has 0 unspecified atom stereocenters. The summed E-state index contributed by atoms with van der Waals surface area (Å²) in [5.74, 6) is 0.694. The maximum Gasteiger partial charge on any atom is 0.242 e. The van der Waals surface area contributed by atoms with Gasteiger partial charge >= 0.3 is 0 Å². The molecule has 0 spiro atoms. The lowest BCUT2D eigenvalue weighted by Crippen LogP contribution is -2.41. The molecule has 1 aliphatic heterocycles. The fourth-order valence-electron chi connectivity index (χ4n) is 2.61. The van der Waals surface area contributed by atoms with E-state index in [0.717, 1.165) is 45.8 Å². The Morgan fingerprint density at radius 3 is 2.81 bits per heavy atom. The van der Waals surface area contributed by atoms with Crippen molar-refractivity contribution in [3.05, 3.63) is 24.5 Å². The van der Waals surface area contributed by atoms with Crippen molar-refractivity contribution < 1.29 is 13.2 Å². The molecule has 0 amide bonds. The molecular weight excluding hydrogens is 368 g/mol. The Kier molecular flexibility index (Phi) is 9.46. The third-order valence-electron chi connectivity index (χ3n) is 4.00. The standard InChI is InChI=1S/C17H30N6O3S/c1-2-19-17(20-7-4-10-23-11-13-26-14-12-23)21-8-9-22-27(24,25)16-5-3-6-18-15-16/h3,5-6,15,22H,2,4,7-14H2,1H3,(H2,19,20,21). The summed E-state index contributed by atoms with van der Waals surface area (Å²) in [7, 11) is -3.53. The van der Waals surface area contributed by atoms with Gasteiger partial charge in [0.2, 0.25) is 10.0 Å². The first-order chi connectivity index (χ1) is 13.1. The summed E-state index contributed by atoms with van der Waals surface area (Å²) in [5, 5.41) is 6.31. The number of morpholine rings is 1. The zero-order valence-corrected chi connectivity index (χ0v) is 16.7. The SMILES string of the molecule is CCNC(=NCCCN1CCOCC1)NCCNS(=O)(=O)c1cccnc1. The fourth-order valence-corrected chi connectivity index (χ4v) is 3.60. The van der Waals surface area contributed by atoms with E-state index in [9.17, 15) is 8.42 Å². The quantitative estimate of drug-likeness (QED) is 0.281. The average molecular weight is 399 g/mol. The van der Waals surface area contributed by atoms with Crippen LogP contribution < -0.4 is 15.4 Å². The van der Waals surface area contributed by atoms with E-state index in [-0.39, 0.29) is 11.4 Å². The van der Waals surface area contributed by atoms with Crippen molar-refractivity contribution in [1.29, 1.82) is 0 Å². The van der Waals surface area contributed by atoms with Gasteiger partial charge in [0.15, 0.2) is 5.96 Å². The highest BCUT2D eigenvalue weighted by Gasteiger charge is 2.13. The molecule has 3 N–H and O–H groups in total. The molecule has 1 fully saturated rings. The normalized spacial score (nSPS) is 16.3. The number of guanidine groups is 1. The van der Waals surface area contributed by atoms with E-state index in [0.29, 0.717) is 19.0 Å². The van der Waals surface area contributed by atoms with Crippen LogP contribution >= 0.6 is 0 Å². The predicted octanol–water partition coefficient (Wildman–Crippen LogP) is -0.363. The van der Waals surface area contributed by atoms with E-state index in [4.69, 9.17) is 4.74 Å². The lowest BCUT2D eigenvalue weighted by molar-refractivity contribution is 0.0377. The minimum Gasteiger partial charge on any atom is -0.379 e. The topological polar surface area (TPSA) is 108 Å². The van der Waals surface area contributed by atoms with Gasteiger partial charge in [-0.15, -0.1) is 0 Å². The molecule has 1 saturated heterocycles. The molecule has 0 bridgehead atoms. The van der Waals surface area contributed by atoms with Crippen LogP contribution in [0.25, 0.3) is 0 Å². The van der Waals surface area contributed by atoms with Crippen LogP contribution in [0.1, 0.15) is 13.3 Å². The number of aromatic nitrogens is 1. The van der Waals surface area contributed by atoms with Gasteiger partial charge in [0.1, 0.15) is 4.90 Å². The first kappa shape index (κ1) is 21.5. The highest BCUT2D eigenvalue weighted by Crippen LogP contribution is 2.04. The molecule has 0 atom stereocenters. The number of hydrogen-bond acceptors (Lipinski definition) is 6. The summed E-state index contributed by atoms with van der Waals surface area (Å²) >= 11 is 0. The minimum atomic E-state index is -3.53. The molecule has 27 heavy (non-hydrogen) atoms. The number of aliphatic imine (C=N–C) groups is 1. The van der Waals surface area contributed by atoms with E-state index < -0.39 is 10.0 Å². The molecule has 2 rings (SSSR count). The molecule has 0 aliphatic carbocycles. The Labute approximate surface area is 161 Å². The number of rotatable bonds is 10. The molecule has 1 aromatic rings. The summed E-state index contributed by atoms with van der Waals surface area (Å²) in [6, 6.07) is 3.11. The van der Waals surface area contributed by atoms with Gasteiger partial charge in [0, 0.05) is 58.2 Å². The Morgan fingerprint density at radius 1 is 1.30 bits per heavy atom. The smallest absolute Gasteiger partial charge is 0.242 e. The van der Waals surface area contributed by atoms with Crippen LogP contribution in [0.3, 0.4) is 0 Å². The van der Waals surface area contributed by atoms with Crippen LogP contribution in [0.15, 0.2) is 34.4 Å². The Morgan fingerprint density at radius 2 is 2.11 bits per heavy atom. The van der Waals surface area contributed by atoms with E-state index >= 15 is 0 Å². The van der Waals surface area contributed by atoms with E-state index in [2.05, 4.69) is 30.2 Å². The third-order valence-corrected chi connectivity index (χ3v) is 5.45. The van der Waals surface area contributed by atoms with Crippen molar-refractivity contribution in [3.63, 3.8) is 0 Å². The Balaban J connectivity index is 1.68.